The van der Waals surface area contributed by atoms with Crippen LogP contribution in [0.25, 0.3) is 0 Å². The van der Waals surface area contributed by atoms with E-state index in [-0.39, 0.29) is 6.54 Å². The number of hydrogen-bond donors (Lipinski definition) is 2. The highest BCUT2D eigenvalue weighted by molar-refractivity contribution is 9.10. The monoisotopic (exact) mass is 357 g/mol. The van der Waals surface area contributed by atoms with Gasteiger partial charge in [0.1, 0.15) is 0 Å². The van der Waals surface area contributed by atoms with Crippen molar-refractivity contribution in [1.82, 2.24) is 0 Å². The molecule has 0 heterocycles. The lowest BCUT2D eigenvalue weighted by Crippen LogP contribution is -2.36. The van der Waals surface area contributed by atoms with Crippen LogP contribution in [-0.2, 0) is 6.18 Å². The van der Waals surface area contributed by atoms with E-state index < -0.39 is 17.3 Å². The van der Waals surface area contributed by atoms with E-state index in [0.29, 0.717) is 15.9 Å². The maximum atomic E-state index is 12.5. The van der Waals surface area contributed by atoms with Crippen LogP contribution < -0.4 is 5.32 Å². The van der Waals surface area contributed by atoms with Gasteiger partial charge < -0.3 is 10.4 Å². The molecule has 1 rings (SSSR count). The van der Waals surface area contributed by atoms with E-state index in [0.717, 1.165) is 12.1 Å². The van der Waals surface area contributed by atoms with Gasteiger partial charge >= 0.3 is 6.18 Å². The van der Waals surface area contributed by atoms with Gasteiger partial charge in [0.05, 0.1) is 11.2 Å². The summed E-state index contributed by atoms with van der Waals surface area (Å²) in [6.07, 6.45) is -2.48. The fourth-order valence-electron chi connectivity index (χ4n) is 1.48. The topological polar surface area (TPSA) is 32.3 Å². The second-order valence-electron chi connectivity index (χ2n) is 4.48. The molecule has 0 spiro atoms. The summed E-state index contributed by atoms with van der Waals surface area (Å²) >= 11 is 4.60. The molecule has 7 heteroatoms. The van der Waals surface area contributed by atoms with Gasteiger partial charge in [0.25, 0.3) is 0 Å². The van der Waals surface area contributed by atoms with Gasteiger partial charge in [-0.05, 0) is 47.3 Å². The molecule has 0 aliphatic rings. The zero-order valence-corrected chi connectivity index (χ0v) is 12.9. The first-order valence-corrected chi connectivity index (χ1v) is 7.66. The third-order valence-electron chi connectivity index (χ3n) is 2.41. The highest BCUT2D eigenvalue weighted by atomic mass is 79.9. The van der Waals surface area contributed by atoms with Crippen molar-refractivity contribution in [2.24, 2.45) is 0 Å². The third kappa shape index (κ3) is 5.24. The van der Waals surface area contributed by atoms with Crippen molar-refractivity contribution in [3.05, 3.63) is 28.2 Å². The summed E-state index contributed by atoms with van der Waals surface area (Å²) in [7, 11) is 0. The van der Waals surface area contributed by atoms with Crippen molar-refractivity contribution in [2.75, 3.05) is 23.9 Å². The molecule has 0 aliphatic carbocycles. The molecule has 0 saturated heterocycles. The highest BCUT2D eigenvalue weighted by Crippen LogP contribution is 2.34. The van der Waals surface area contributed by atoms with Crippen LogP contribution in [0.1, 0.15) is 12.5 Å². The van der Waals surface area contributed by atoms with Gasteiger partial charge in [0.2, 0.25) is 0 Å². The van der Waals surface area contributed by atoms with Crippen LogP contribution in [-0.4, -0.2) is 29.3 Å². The van der Waals surface area contributed by atoms with E-state index >= 15 is 0 Å². The molecular weight excluding hydrogens is 343 g/mol. The van der Waals surface area contributed by atoms with Gasteiger partial charge in [-0.2, -0.15) is 24.9 Å². The Bertz CT molecular complexity index is 437. The van der Waals surface area contributed by atoms with Crippen LogP contribution in [0.4, 0.5) is 18.9 Å². The minimum atomic E-state index is -4.36. The normalized spacial score (nSPS) is 15.1. The smallest absolute Gasteiger partial charge is 0.387 e. The highest BCUT2D eigenvalue weighted by Gasteiger charge is 2.31. The molecule has 19 heavy (non-hydrogen) atoms. The number of halogens is 4. The predicted molar refractivity (Wildman–Crippen MR) is 76.6 cm³/mol. The fraction of sp³-hybridized carbons (Fsp3) is 0.500. The molecular formula is C12H15BrF3NOS. The number of hydrogen-bond acceptors (Lipinski definition) is 3. The van der Waals surface area contributed by atoms with E-state index in [1.165, 1.54) is 17.8 Å². The van der Waals surface area contributed by atoms with E-state index in [4.69, 9.17) is 0 Å². The first kappa shape index (κ1) is 16.7. The Morgan fingerprint density at radius 1 is 1.37 bits per heavy atom. The molecule has 0 radical (unpaired) electrons. The van der Waals surface area contributed by atoms with E-state index in [1.54, 1.807) is 6.92 Å². The average Bonchev–Trinajstić information content (AvgIpc) is 2.26. The minimum Gasteiger partial charge on any atom is -0.387 e. The van der Waals surface area contributed by atoms with Gasteiger partial charge in [0.15, 0.2) is 0 Å². The van der Waals surface area contributed by atoms with Gasteiger partial charge in [-0.25, -0.2) is 0 Å². The van der Waals surface area contributed by atoms with Crippen molar-refractivity contribution in [1.29, 1.82) is 0 Å². The molecule has 1 atom stereocenters. The summed E-state index contributed by atoms with van der Waals surface area (Å²) in [5.41, 5.74) is -1.10. The number of nitrogens with one attached hydrogen (secondary N) is 1. The molecule has 0 aromatic heterocycles. The third-order valence-corrected chi connectivity index (χ3v) is 3.98. The largest absolute Gasteiger partial charge is 0.416 e. The van der Waals surface area contributed by atoms with E-state index in [9.17, 15) is 18.3 Å². The van der Waals surface area contributed by atoms with Crippen LogP contribution in [0.15, 0.2) is 22.7 Å². The maximum Gasteiger partial charge on any atom is 0.416 e. The lowest BCUT2D eigenvalue weighted by molar-refractivity contribution is -0.137. The lowest BCUT2D eigenvalue weighted by atomic mass is 10.1. The van der Waals surface area contributed by atoms with Crippen molar-refractivity contribution >= 4 is 33.4 Å². The number of alkyl halides is 3. The van der Waals surface area contributed by atoms with Crippen LogP contribution in [0.3, 0.4) is 0 Å². The van der Waals surface area contributed by atoms with Crippen LogP contribution in [0, 0.1) is 0 Å². The van der Waals surface area contributed by atoms with Crippen LogP contribution in [0.2, 0.25) is 0 Å². The molecule has 1 aromatic carbocycles. The molecule has 2 N–H and O–H groups in total. The Balaban J connectivity index is 2.76. The van der Waals surface area contributed by atoms with Crippen molar-refractivity contribution in [3.63, 3.8) is 0 Å². The maximum absolute atomic E-state index is 12.5. The molecule has 2 nitrogen and oxygen atoms in total. The van der Waals surface area contributed by atoms with Crippen molar-refractivity contribution < 1.29 is 18.3 Å². The Hall–Kier alpha value is -0.400. The summed E-state index contributed by atoms with van der Waals surface area (Å²) in [5.74, 6) is 0.540. The standard InChI is InChI=1S/C12H15BrF3NOS/c1-11(18,7-19-2)6-17-10-4-3-8(5-9(10)13)12(14,15)16/h3-5,17-18H,6-7H2,1-2H3. The Morgan fingerprint density at radius 2 is 2.00 bits per heavy atom. The Morgan fingerprint density at radius 3 is 2.47 bits per heavy atom. The molecule has 0 aliphatic heterocycles. The van der Waals surface area contributed by atoms with Crippen LogP contribution >= 0.6 is 27.7 Å². The Labute approximate surface area is 122 Å². The van der Waals surface area contributed by atoms with Crippen molar-refractivity contribution in [2.45, 2.75) is 18.7 Å². The molecule has 0 amide bonds. The van der Waals surface area contributed by atoms with Crippen molar-refractivity contribution in [3.8, 4) is 0 Å². The Kier molecular flexibility index (Phi) is 5.58. The molecule has 0 fully saturated rings. The number of benzene rings is 1. The number of aliphatic hydroxyl groups is 1. The minimum absolute atomic E-state index is 0.262. The number of thioether (sulfide) groups is 1. The summed E-state index contributed by atoms with van der Waals surface area (Å²) in [5, 5.41) is 12.9. The molecule has 108 valence electrons. The van der Waals surface area contributed by atoms with Gasteiger partial charge in [-0.1, -0.05) is 0 Å². The molecule has 0 saturated carbocycles. The molecule has 1 aromatic rings. The summed E-state index contributed by atoms with van der Waals surface area (Å²) in [4.78, 5) is 0. The second kappa shape index (κ2) is 6.37. The van der Waals surface area contributed by atoms with Gasteiger partial charge in [0, 0.05) is 22.5 Å². The molecule has 1 unspecified atom stereocenters. The number of rotatable bonds is 5. The SMILES string of the molecule is CSCC(C)(O)CNc1ccc(C(F)(F)F)cc1Br. The average molecular weight is 358 g/mol. The first-order chi connectivity index (χ1) is 8.65. The summed E-state index contributed by atoms with van der Waals surface area (Å²) in [6.45, 7) is 1.94. The lowest BCUT2D eigenvalue weighted by Gasteiger charge is -2.23. The van der Waals surface area contributed by atoms with Gasteiger partial charge in [-0.3, -0.25) is 0 Å². The van der Waals surface area contributed by atoms with Gasteiger partial charge in [-0.15, -0.1) is 0 Å². The zero-order valence-electron chi connectivity index (χ0n) is 10.5. The summed E-state index contributed by atoms with van der Waals surface area (Å²) in [6, 6.07) is 3.38. The fourth-order valence-corrected chi connectivity index (χ4v) is 2.73. The van der Waals surface area contributed by atoms with E-state index in [1.807, 2.05) is 6.26 Å². The quantitative estimate of drug-likeness (QED) is 0.835. The predicted octanol–water partition coefficient (Wildman–Crippen LogP) is 3.99. The summed E-state index contributed by atoms with van der Waals surface area (Å²) < 4.78 is 37.8. The zero-order chi connectivity index (χ0) is 14.7. The number of anilines is 1. The van der Waals surface area contributed by atoms with Crippen LogP contribution in [0.5, 0.6) is 0 Å². The second-order valence-corrected chi connectivity index (χ2v) is 6.20. The first-order valence-electron chi connectivity index (χ1n) is 5.48. The van der Waals surface area contributed by atoms with E-state index in [2.05, 4.69) is 21.2 Å². The molecule has 0 bridgehead atoms.